The molecule has 0 aliphatic carbocycles. The maximum absolute atomic E-state index is 10.1. The minimum Gasteiger partial charge on any atom is -0.780 e. The summed E-state index contributed by atoms with van der Waals surface area (Å²) in [5, 5.41) is 0. The SMILES string of the molecule is O=P([O-])([O-])Oc1ccccc1.[Zn+2]. The number of hydrogen-bond donors (Lipinski definition) is 0. The average Bonchev–Trinajstić information content (AvgIpc) is 1.85. The Labute approximate surface area is 82.6 Å². The predicted molar refractivity (Wildman–Crippen MR) is 34.7 cm³/mol. The molecule has 0 saturated heterocycles. The van der Waals surface area contributed by atoms with Gasteiger partial charge in [0.15, 0.2) is 0 Å². The van der Waals surface area contributed by atoms with Crippen LogP contribution in [0.2, 0.25) is 0 Å². The second kappa shape index (κ2) is 4.73. The van der Waals surface area contributed by atoms with Crippen LogP contribution in [0, 0.1) is 0 Å². The van der Waals surface area contributed by atoms with Crippen molar-refractivity contribution < 1.29 is 38.4 Å². The van der Waals surface area contributed by atoms with Crippen LogP contribution in [0.25, 0.3) is 0 Å². The van der Waals surface area contributed by atoms with Crippen LogP contribution in [-0.4, -0.2) is 0 Å². The number of benzene rings is 1. The fraction of sp³-hybridized carbons (Fsp3) is 0. The van der Waals surface area contributed by atoms with E-state index in [9.17, 15) is 14.4 Å². The summed E-state index contributed by atoms with van der Waals surface area (Å²) in [6.07, 6.45) is 0. The van der Waals surface area contributed by atoms with Gasteiger partial charge >= 0.3 is 19.5 Å². The van der Waals surface area contributed by atoms with Gasteiger partial charge in [-0.1, -0.05) is 18.2 Å². The average molecular weight is 237 g/mol. The van der Waals surface area contributed by atoms with Crippen molar-refractivity contribution in [2.24, 2.45) is 0 Å². The van der Waals surface area contributed by atoms with E-state index in [4.69, 9.17) is 0 Å². The molecule has 0 N–H and O–H groups in total. The summed E-state index contributed by atoms with van der Waals surface area (Å²) < 4.78 is 14.1. The molecule has 1 rings (SSSR count). The van der Waals surface area contributed by atoms with E-state index in [0.29, 0.717) is 0 Å². The molecule has 12 heavy (non-hydrogen) atoms. The first-order valence-electron chi connectivity index (χ1n) is 2.85. The molecule has 0 radical (unpaired) electrons. The first kappa shape index (κ1) is 11.8. The van der Waals surface area contributed by atoms with E-state index < -0.39 is 7.82 Å². The summed E-state index contributed by atoms with van der Waals surface area (Å²) in [7, 11) is -4.89. The molecule has 0 aromatic heterocycles. The van der Waals surface area contributed by atoms with Crippen molar-refractivity contribution in [2.75, 3.05) is 0 Å². The second-order valence-electron chi connectivity index (χ2n) is 1.85. The summed E-state index contributed by atoms with van der Waals surface area (Å²) in [6.45, 7) is 0. The molecule has 1 aromatic carbocycles. The van der Waals surface area contributed by atoms with Crippen molar-refractivity contribution in [1.82, 2.24) is 0 Å². The Hall–Kier alpha value is -0.207. The Morgan fingerprint density at radius 1 is 1.17 bits per heavy atom. The fourth-order valence-corrected chi connectivity index (χ4v) is 0.990. The summed E-state index contributed by atoms with van der Waals surface area (Å²) in [5.74, 6) is 0.0424. The molecule has 6 heteroatoms. The van der Waals surface area contributed by atoms with Gasteiger partial charge in [-0.15, -0.1) is 0 Å². The molecular formula is C6H5O4PZn. The van der Waals surface area contributed by atoms with Crippen molar-refractivity contribution in [1.29, 1.82) is 0 Å². The van der Waals surface area contributed by atoms with Crippen LogP contribution in [0.4, 0.5) is 0 Å². The molecule has 0 spiro atoms. The van der Waals surface area contributed by atoms with Gasteiger partial charge in [0.1, 0.15) is 13.6 Å². The number of para-hydroxylation sites is 1. The molecule has 60 valence electrons. The maximum atomic E-state index is 10.1. The molecule has 0 heterocycles. The van der Waals surface area contributed by atoms with Gasteiger partial charge in [-0.25, -0.2) is 0 Å². The Kier molecular flexibility index (Phi) is 4.65. The molecule has 0 aliphatic rings. The Bertz CT molecular complexity index is 270. The molecule has 0 fully saturated rings. The monoisotopic (exact) mass is 236 g/mol. The third-order valence-electron chi connectivity index (χ3n) is 0.960. The van der Waals surface area contributed by atoms with Crippen LogP contribution in [0.15, 0.2) is 30.3 Å². The van der Waals surface area contributed by atoms with Crippen molar-refractivity contribution in [2.45, 2.75) is 0 Å². The van der Waals surface area contributed by atoms with E-state index >= 15 is 0 Å². The van der Waals surface area contributed by atoms with E-state index in [1.807, 2.05) is 0 Å². The summed E-state index contributed by atoms with van der Waals surface area (Å²) in [6, 6.07) is 7.62. The second-order valence-corrected chi connectivity index (χ2v) is 2.93. The standard InChI is InChI=1S/C6H7O4P.Zn/c7-11(8,9)10-6-4-2-1-3-5-6;/h1-5H,(H2,7,8,9);/q;+2/p-2. The molecule has 0 aliphatic heterocycles. The maximum Gasteiger partial charge on any atom is 2.00 e. The zero-order valence-electron chi connectivity index (χ0n) is 6.17. The number of phosphoric ester groups is 1. The van der Waals surface area contributed by atoms with E-state index in [2.05, 4.69) is 4.52 Å². The largest absolute Gasteiger partial charge is 2.00 e. The molecular weight excluding hydrogens is 232 g/mol. The van der Waals surface area contributed by atoms with E-state index in [1.54, 1.807) is 18.2 Å². The van der Waals surface area contributed by atoms with Gasteiger partial charge in [-0.3, -0.25) is 0 Å². The zero-order valence-corrected chi connectivity index (χ0v) is 10.0. The van der Waals surface area contributed by atoms with E-state index in [-0.39, 0.29) is 25.2 Å². The van der Waals surface area contributed by atoms with E-state index in [0.717, 1.165) is 0 Å². The third-order valence-corrected chi connectivity index (χ3v) is 1.39. The van der Waals surface area contributed by atoms with Crippen LogP contribution in [0.3, 0.4) is 0 Å². The van der Waals surface area contributed by atoms with Gasteiger partial charge in [-0.05, 0) is 12.1 Å². The normalized spacial score (nSPS) is 10.2. The number of hydrogen-bond acceptors (Lipinski definition) is 4. The fourth-order valence-electron chi connectivity index (χ4n) is 0.610. The van der Waals surface area contributed by atoms with Crippen LogP contribution in [0.5, 0.6) is 5.75 Å². The molecule has 0 bridgehead atoms. The summed E-state index contributed by atoms with van der Waals surface area (Å²) in [4.78, 5) is 20.1. The molecule has 0 atom stereocenters. The van der Waals surface area contributed by atoms with E-state index in [1.165, 1.54) is 12.1 Å². The van der Waals surface area contributed by atoms with Crippen LogP contribution < -0.4 is 14.3 Å². The Morgan fingerprint density at radius 2 is 1.67 bits per heavy atom. The van der Waals surface area contributed by atoms with Gasteiger partial charge in [0.25, 0.3) is 0 Å². The van der Waals surface area contributed by atoms with Gasteiger partial charge in [0.2, 0.25) is 0 Å². The summed E-state index contributed by atoms with van der Waals surface area (Å²) in [5.41, 5.74) is 0. The molecule has 0 unspecified atom stereocenters. The summed E-state index contributed by atoms with van der Waals surface area (Å²) >= 11 is 0. The van der Waals surface area contributed by atoms with Crippen LogP contribution >= 0.6 is 7.82 Å². The molecule has 0 amide bonds. The zero-order chi connectivity index (χ0) is 8.32. The Morgan fingerprint density at radius 3 is 2.08 bits per heavy atom. The van der Waals surface area contributed by atoms with Gasteiger partial charge in [0.05, 0.1) is 0 Å². The number of phosphoric acid groups is 1. The molecule has 1 aromatic rings. The smallest absolute Gasteiger partial charge is 0.780 e. The number of rotatable bonds is 2. The van der Waals surface area contributed by atoms with Gasteiger partial charge in [-0.2, -0.15) is 0 Å². The third kappa shape index (κ3) is 4.63. The first-order chi connectivity index (χ1) is 5.08. The Balaban J connectivity index is 0.00000121. The minimum atomic E-state index is -4.89. The molecule has 4 nitrogen and oxygen atoms in total. The van der Waals surface area contributed by atoms with Gasteiger partial charge in [0, 0.05) is 0 Å². The molecule has 0 saturated carbocycles. The van der Waals surface area contributed by atoms with Crippen molar-refractivity contribution in [3.8, 4) is 5.75 Å². The van der Waals surface area contributed by atoms with Gasteiger partial charge < -0.3 is 18.9 Å². The topological polar surface area (TPSA) is 72.4 Å². The predicted octanol–water partition coefficient (Wildman–Crippen LogP) is -0.108. The van der Waals surface area contributed by atoms with Crippen LogP contribution in [-0.2, 0) is 24.0 Å². The van der Waals surface area contributed by atoms with Crippen molar-refractivity contribution >= 4 is 7.82 Å². The first-order valence-corrected chi connectivity index (χ1v) is 4.31. The van der Waals surface area contributed by atoms with Crippen molar-refractivity contribution in [3.63, 3.8) is 0 Å². The quantitative estimate of drug-likeness (QED) is 0.531. The minimum absolute atomic E-state index is 0. The van der Waals surface area contributed by atoms with Crippen LogP contribution in [0.1, 0.15) is 0 Å². The van der Waals surface area contributed by atoms with Crippen molar-refractivity contribution in [3.05, 3.63) is 30.3 Å².